The highest BCUT2D eigenvalue weighted by atomic mass is 19.1. The fourth-order valence-electron chi connectivity index (χ4n) is 2.97. The molecule has 0 unspecified atom stereocenters. The second-order valence-electron chi connectivity index (χ2n) is 6.78. The van der Waals surface area contributed by atoms with Crippen LogP contribution in [-0.4, -0.2) is 23.0 Å². The maximum Gasteiger partial charge on any atom is 0.243 e. The number of benzene rings is 2. The Labute approximate surface area is 183 Å². The van der Waals surface area contributed by atoms with Gasteiger partial charge in [0, 0.05) is 19.0 Å². The van der Waals surface area contributed by atoms with Gasteiger partial charge in [-0.25, -0.2) is 14.4 Å². The molecule has 4 rings (SSSR count). The van der Waals surface area contributed by atoms with E-state index in [1.165, 1.54) is 12.3 Å². The number of nitrogens with zero attached hydrogens (tertiary/aromatic N) is 2. The molecule has 0 spiro atoms. The Kier molecular flexibility index (Phi) is 6.41. The molecular formula is C24H20FN3O4. The van der Waals surface area contributed by atoms with Crippen LogP contribution in [0.25, 0.3) is 11.3 Å². The fraction of sp³-hybridized carbons (Fsp3) is 0.125. The highest BCUT2D eigenvalue weighted by Gasteiger charge is 2.14. The maximum atomic E-state index is 13.9. The molecule has 0 aliphatic carbocycles. The number of halogens is 1. The van der Waals surface area contributed by atoms with Crippen molar-refractivity contribution < 1.29 is 23.1 Å². The van der Waals surface area contributed by atoms with E-state index in [0.29, 0.717) is 34.4 Å². The van der Waals surface area contributed by atoms with Gasteiger partial charge < -0.3 is 19.2 Å². The number of anilines is 1. The Hall–Kier alpha value is -4.20. The Balaban J connectivity index is 1.37. The lowest BCUT2D eigenvalue weighted by Gasteiger charge is -2.11. The third kappa shape index (κ3) is 5.10. The van der Waals surface area contributed by atoms with E-state index >= 15 is 0 Å². The maximum absolute atomic E-state index is 13.9. The minimum Gasteiger partial charge on any atom is -0.497 e. The summed E-state index contributed by atoms with van der Waals surface area (Å²) < 4.78 is 30.4. The molecule has 2 aromatic heterocycles. The van der Waals surface area contributed by atoms with Crippen LogP contribution in [0.15, 0.2) is 77.5 Å². The van der Waals surface area contributed by atoms with Gasteiger partial charge in [-0.2, -0.15) is 0 Å². The first-order chi connectivity index (χ1) is 15.6. The molecule has 1 N–H and O–H groups in total. The number of hydrogen-bond donors (Lipinski definition) is 1. The van der Waals surface area contributed by atoms with Gasteiger partial charge in [-0.3, -0.25) is 4.79 Å². The summed E-state index contributed by atoms with van der Waals surface area (Å²) in [5, 5.41) is 2.79. The molecule has 8 heteroatoms. The molecule has 162 valence electrons. The summed E-state index contributed by atoms with van der Waals surface area (Å²) in [6.45, 7) is 0. The molecular weight excluding hydrogens is 413 g/mol. The fourth-order valence-corrected chi connectivity index (χ4v) is 2.97. The van der Waals surface area contributed by atoms with Gasteiger partial charge in [0.05, 0.1) is 18.9 Å². The van der Waals surface area contributed by atoms with Crippen LogP contribution in [0.3, 0.4) is 0 Å². The van der Waals surface area contributed by atoms with E-state index in [0.717, 1.165) is 0 Å². The van der Waals surface area contributed by atoms with Crippen molar-refractivity contribution in [3.63, 3.8) is 0 Å². The van der Waals surface area contributed by atoms with E-state index in [2.05, 4.69) is 15.3 Å². The van der Waals surface area contributed by atoms with E-state index in [9.17, 15) is 9.18 Å². The number of rotatable bonds is 8. The number of pyridine rings is 1. The number of carbonyl (C=O) groups excluding carboxylic acids is 1. The number of oxazole rings is 1. The van der Waals surface area contributed by atoms with Crippen molar-refractivity contribution >= 4 is 11.6 Å². The first-order valence-corrected chi connectivity index (χ1v) is 9.89. The average molecular weight is 433 g/mol. The largest absolute Gasteiger partial charge is 0.497 e. The molecule has 0 saturated heterocycles. The lowest BCUT2D eigenvalue weighted by atomic mass is 10.2. The van der Waals surface area contributed by atoms with Gasteiger partial charge in [-0.15, -0.1) is 0 Å². The molecule has 0 bridgehead atoms. The van der Waals surface area contributed by atoms with Crippen LogP contribution in [0, 0.1) is 5.82 Å². The first-order valence-electron chi connectivity index (χ1n) is 9.89. The number of aromatic nitrogens is 2. The Morgan fingerprint density at radius 2 is 1.81 bits per heavy atom. The smallest absolute Gasteiger partial charge is 0.243 e. The number of methoxy groups -OCH3 is 1. The summed E-state index contributed by atoms with van der Waals surface area (Å²) in [6, 6.07) is 16.7. The zero-order valence-electron chi connectivity index (χ0n) is 17.2. The van der Waals surface area contributed by atoms with Crippen molar-refractivity contribution in [1.29, 1.82) is 0 Å². The van der Waals surface area contributed by atoms with Gasteiger partial charge in [0.1, 0.15) is 23.0 Å². The van der Waals surface area contributed by atoms with E-state index in [4.69, 9.17) is 13.9 Å². The lowest BCUT2D eigenvalue weighted by Crippen LogP contribution is -2.13. The third-order valence-electron chi connectivity index (χ3n) is 4.58. The quantitative estimate of drug-likeness (QED) is 0.409. The van der Waals surface area contributed by atoms with Crippen molar-refractivity contribution in [3.05, 3.63) is 84.8 Å². The number of nitrogens with one attached hydrogen (secondary N) is 1. The number of aryl methyl sites for hydroxylation is 1. The molecule has 1 amide bonds. The molecule has 0 fully saturated rings. The summed E-state index contributed by atoms with van der Waals surface area (Å²) in [4.78, 5) is 20.8. The molecule has 0 atom stereocenters. The van der Waals surface area contributed by atoms with Crippen molar-refractivity contribution in [2.24, 2.45) is 0 Å². The highest BCUT2D eigenvalue weighted by molar-refractivity contribution is 5.92. The Morgan fingerprint density at radius 3 is 2.59 bits per heavy atom. The standard InChI is InChI=1S/C24H20FN3O4/c1-30-16-8-10-17(11-9-16)31-24-20(7-4-14-26-24)28-22(29)12-13-23-27-15-21(32-23)18-5-2-3-6-19(18)25/h2-11,14-15H,12-13H2,1H3,(H,28,29). The van der Waals surface area contributed by atoms with Gasteiger partial charge in [0.15, 0.2) is 11.7 Å². The predicted octanol–water partition coefficient (Wildman–Crippen LogP) is 5.25. The molecule has 2 heterocycles. The monoisotopic (exact) mass is 433 g/mol. The number of amides is 1. The minimum atomic E-state index is -0.395. The summed E-state index contributed by atoms with van der Waals surface area (Å²) in [5.41, 5.74) is 0.763. The van der Waals surface area contributed by atoms with Crippen LogP contribution in [0.1, 0.15) is 12.3 Å². The van der Waals surface area contributed by atoms with Crippen LogP contribution in [-0.2, 0) is 11.2 Å². The topological polar surface area (TPSA) is 86.5 Å². The number of carbonyl (C=O) groups is 1. The van der Waals surface area contributed by atoms with Gasteiger partial charge in [-0.05, 0) is 48.5 Å². The van der Waals surface area contributed by atoms with Gasteiger partial charge in [0.2, 0.25) is 11.8 Å². The summed E-state index contributed by atoms with van der Waals surface area (Å²) in [7, 11) is 1.58. The molecule has 0 aliphatic rings. The molecule has 0 aliphatic heterocycles. The van der Waals surface area contributed by atoms with E-state index in [1.807, 2.05) is 0 Å². The van der Waals surface area contributed by atoms with E-state index in [-0.39, 0.29) is 24.6 Å². The highest BCUT2D eigenvalue weighted by Crippen LogP contribution is 2.28. The summed E-state index contributed by atoms with van der Waals surface area (Å²) >= 11 is 0. The van der Waals surface area contributed by atoms with Crippen LogP contribution in [0.2, 0.25) is 0 Å². The third-order valence-corrected chi connectivity index (χ3v) is 4.58. The second-order valence-corrected chi connectivity index (χ2v) is 6.78. The average Bonchev–Trinajstić information content (AvgIpc) is 3.29. The molecule has 7 nitrogen and oxygen atoms in total. The van der Waals surface area contributed by atoms with Crippen LogP contribution in [0.4, 0.5) is 10.1 Å². The van der Waals surface area contributed by atoms with Crippen molar-refractivity contribution in [3.8, 4) is 28.7 Å². The predicted molar refractivity (Wildman–Crippen MR) is 116 cm³/mol. The molecule has 4 aromatic rings. The van der Waals surface area contributed by atoms with Crippen molar-refractivity contribution in [1.82, 2.24) is 9.97 Å². The molecule has 0 saturated carbocycles. The molecule has 0 radical (unpaired) electrons. The van der Waals surface area contributed by atoms with Crippen molar-refractivity contribution in [2.75, 3.05) is 12.4 Å². The van der Waals surface area contributed by atoms with Crippen LogP contribution >= 0.6 is 0 Å². The zero-order chi connectivity index (χ0) is 22.3. The van der Waals surface area contributed by atoms with Gasteiger partial charge in [-0.1, -0.05) is 12.1 Å². The van der Waals surface area contributed by atoms with E-state index < -0.39 is 5.82 Å². The Bertz CT molecular complexity index is 1210. The minimum absolute atomic E-state index is 0.119. The second kappa shape index (κ2) is 9.74. The lowest BCUT2D eigenvalue weighted by molar-refractivity contribution is -0.116. The van der Waals surface area contributed by atoms with Crippen LogP contribution in [0.5, 0.6) is 17.4 Å². The van der Waals surface area contributed by atoms with Gasteiger partial charge >= 0.3 is 0 Å². The number of ether oxygens (including phenoxy) is 2. The van der Waals surface area contributed by atoms with Crippen LogP contribution < -0.4 is 14.8 Å². The summed E-state index contributed by atoms with van der Waals surface area (Å²) in [5.74, 6) is 1.54. The Morgan fingerprint density at radius 1 is 1.03 bits per heavy atom. The van der Waals surface area contributed by atoms with Crippen molar-refractivity contribution in [2.45, 2.75) is 12.8 Å². The van der Waals surface area contributed by atoms with E-state index in [1.54, 1.807) is 67.9 Å². The molecule has 2 aromatic carbocycles. The SMILES string of the molecule is COc1ccc(Oc2ncccc2NC(=O)CCc2ncc(-c3ccccc3F)o2)cc1. The number of hydrogen-bond acceptors (Lipinski definition) is 6. The summed E-state index contributed by atoms with van der Waals surface area (Å²) in [6.07, 6.45) is 3.41. The zero-order valence-corrected chi connectivity index (χ0v) is 17.2. The van der Waals surface area contributed by atoms with Gasteiger partial charge in [0.25, 0.3) is 0 Å². The molecule has 32 heavy (non-hydrogen) atoms. The first kappa shape index (κ1) is 21.0. The normalized spacial score (nSPS) is 10.6.